The third-order valence-corrected chi connectivity index (χ3v) is 19.3. The second-order valence-corrected chi connectivity index (χ2v) is 25.5. The first kappa shape index (κ1) is 41.3. The lowest BCUT2D eigenvalue weighted by Crippen LogP contribution is -2.55. The summed E-state index contributed by atoms with van der Waals surface area (Å²) in [5.74, 6) is 0.637. The van der Waals surface area contributed by atoms with Crippen LogP contribution < -0.4 is 4.74 Å². The van der Waals surface area contributed by atoms with Gasteiger partial charge in [-0.15, -0.1) is 11.3 Å². The van der Waals surface area contributed by atoms with Crippen molar-refractivity contribution in [2.24, 2.45) is 0 Å². The fraction of sp³-hybridized carbons (Fsp3) is 0.588. The normalized spacial score (nSPS) is 14.7. The van der Waals surface area contributed by atoms with Crippen LogP contribution >= 0.6 is 11.3 Å². The van der Waals surface area contributed by atoms with Crippen molar-refractivity contribution in [1.82, 2.24) is 0 Å². The molecule has 0 aliphatic heterocycles. The van der Waals surface area contributed by atoms with Gasteiger partial charge < -0.3 is 18.7 Å². The van der Waals surface area contributed by atoms with E-state index >= 15 is 0 Å². The summed E-state index contributed by atoms with van der Waals surface area (Å²) < 4.78 is 97.3. The van der Waals surface area contributed by atoms with E-state index in [1.54, 1.807) is 19.1 Å². The quantitative estimate of drug-likeness (QED) is 0.127. The summed E-state index contributed by atoms with van der Waals surface area (Å²) in [6.07, 6.45) is -10.0. The van der Waals surface area contributed by atoms with Crippen LogP contribution in [0.5, 0.6) is 5.75 Å². The smallest absolute Gasteiger partial charge is 0.430 e. The van der Waals surface area contributed by atoms with Gasteiger partial charge in [0.15, 0.2) is 16.6 Å². The molecule has 0 saturated carbocycles. The van der Waals surface area contributed by atoms with E-state index in [0.717, 1.165) is 22.1 Å². The van der Waals surface area contributed by atoms with Gasteiger partial charge in [0.1, 0.15) is 12.4 Å². The molecule has 1 N–H and O–H groups in total. The largest absolute Gasteiger partial charge is 0.488 e. The van der Waals surface area contributed by atoms with Crippen LogP contribution in [0.25, 0.3) is 5.57 Å². The van der Waals surface area contributed by atoms with E-state index in [2.05, 4.69) is 67.7 Å². The van der Waals surface area contributed by atoms with Gasteiger partial charge in [-0.3, -0.25) is 0 Å². The molecule has 0 aliphatic rings. The van der Waals surface area contributed by atoms with Gasteiger partial charge in [-0.05, 0) is 89.7 Å². The van der Waals surface area contributed by atoms with Crippen molar-refractivity contribution in [2.75, 3.05) is 0 Å². The van der Waals surface area contributed by atoms with Gasteiger partial charge >= 0.3 is 12.4 Å². The molecule has 0 atom stereocenters. The van der Waals surface area contributed by atoms with E-state index in [1.165, 1.54) is 11.3 Å². The molecule has 266 valence electrons. The number of rotatable bonds is 13. The van der Waals surface area contributed by atoms with Gasteiger partial charge in [-0.1, -0.05) is 66.7 Å². The van der Waals surface area contributed by atoms with Crippen LogP contribution in [-0.4, -0.2) is 39.7 Å². The topological polar surface area (TPSA) is 47.9 Å². The summed E-state index contributed by atoms with van der Waals surface area (Å²) >= 11 is 1.32. The maximum atomic E-state index is 13.0. The highest BCUT2D eigenvalue weighted by Gasteiger charge is 2.68. The van der Waals surface area contributed by atoms with Gasteiger partial charge in [0.05, 0.1) is 13.2 Å². The average molecular weight is 725 g/mol. The Labute approximate surface area is 282 Å². The van der Waals surface area contributed by atoms with E-state index < -0.39 is 34.6 Å². The summed E-state index contributed by atoms with van der Waals surface area (Å²) in [5.41, 5.74) is -2.41. The number of alkyl halides is 6. The lowest BCUT2D eigenvalue weighted by molar-refractivity contribution is -0.347. The monoisotopic (exact) mass is 724 g/mol. The van der Waals surface area contributed by atoms with Gasteiger partial charge in [-0.2, -0.15) is 26.3 Å². The van der Waals surface area contributed by atoms with Crippen molar-refractivity contribution in [3.63, 3.8) is 0 Å². The Morgan fingerprint density at radius 3 is 1.74 bits per heavy atom. The Morgan fingerprint density at radius 2 is 1.28 bits per heavy atom. The Kier molecular flexibility index (Phi) is 13.1. The summed E-state index contributed by atoms with van der Waals surface area (Å²) in [6.45, 7) is 24.8. The van der Waals surface area contributed by atoms with Crippen molar-refractivity contribution in [2.45, 2.75) is 129 Å². The molecule has 0 radical (unpaired) electrons. The van der Waals surface area contributed by atoms with Crippen LogP contribution in [0.1, 0.15) is 75.8 Å². The van der Waals surface area contributed by atoms with E-state index in [4.69, 9.17) is 13.6 Å². The zero-order valence-electron chi connectivity index (χ0n) is 29.3. The van der Waals surface area contributed by atoms with Gasteiger partial charge in [-0.25, -0.2) is 0 Å². The minimum atomic E-state index is -5.91. The SMILES string of the molecule is CC/C(=C/C=C/C(O)(C(F)(F)F)C(F)(F)F)c1ccc(COc2ccc(CO[Si](C)(C)C(C)(C)C)c(CO[Si](C)(C)C(C)(C)C)c2)s1. The molecule has 2 aromatic rings. The molecule has 0 saturated heterocycles. The first-order valence-electron chi connectivity index (χ1n) is 15.5. The number of hydrogen-bond acceptors (Lipinski definition) is 5. The number of halogens is 6. The maximum Gasteiger partial charge on any atom is 0.430 e. The second-order valence-electron chi connectivity index (χ2n) is 14.7. The second kappa shape index (κ2) is 14.9. The molecule has 0 amide bonds. The third-order valence-electron chi connectivity index (χ3n) is 9.21. The zero-order chi connectivity index (χ0) is 36.3. The molecule has 0 unspecified atom stereocenters. The number of benzene rings is 1. The Morgan fingerprint density at radius 1 is 0.766 bits per heavy atom. The Balaban J connectivity index is 2.28. The zero-order valence-corrected chi connectivity index (χ0v) is 32.1. The standard InChI is InChI=1S/C34H50F6O4SSi2/c1-12-24(14-13-19-32(41,33(35,36)37)34(38,39)40)29-18-17-28(45-29)23-42-27-16-15-25(21-43-46(8,9)30(2,3)4)26(20-27)22-44-47(10,11)31(5,6)7/h13-20,41H,12,21-23H2,1-11H3/b19-13+,24-14-. The van der Waals surface area contributed by atoms with Crippen LogP contribution in [0.4, 0.5) is 26.3 Å². The predicted octanol–water partition coefficient (Wildman–Crippen LogP) is 11.6. The van der Waals surface area contributed by atoms with Crippen molar-refractivity contribution < 1.29 is 45.0 Å². The Bertz CT molecular complexity index is 1380. The van der Waals surface area contributed by atoms with E-state index in [9.17, 15) is 31.4 Å². The van der Waals surface area contributed by atoms with Crippen molar-refractivity contribution >= 4 is 33.5 Å². The number of aliphatic hydroxyl groups is 1. The molecule has 2 rings (SSSR count). The molecule has 1 heterocycles. The molecule has 0 bridgehead atoms. The molecule has 0 aliphatic carbocycles. The predicted molar refractivity (Wildman–Crippen MR) is 184 cm³/mol. The summed E-state index contributed by atoms with van der Waals surface area (Å²) in [5, 5.41) is 9.47. The van der Waals surface area contributed by atoms with Crippen molar-refractivity contribution in [1.29, 1.82) is 0 Å². The highest BCUT2D eigenvalue weighted by Crippen LogP contribution is 2.44. The van der Waals surface area contributed by atoms with Crippen LogP contribution in [0.15, 0.2) is 48.6 Å². The molecule has 1 aromatic carbocycles. The molecule has 4 nitrogen and oxygen atoms in total. The highest BCUT2D eigenvalue weighted by atomic mass is 32.1. The first-order valence-corrected chi connectivity index (χ1v) is 22.1. The molecule has 0 fully saturated rings. The minimum absolute atomic E-state index is 0.0370. The van der Waals surface area contributed by atoms with E-state index in [-0.39, 0.29) is 22.8 Å². The van der Waals surface area contributed by atoms with Crippen LogP contribution in [-0.2, 0) is 28.7 Å². The van der Waals surface area contributed by atoms with E-state index in [0.29, 0.717) is 41.9 Å². The third kappa shape index (κ3) is 10.5. The molecular formula is C34H50F6O4SSi2. The lowest BCUT2D eigenvalue weighted by Gasteiger charge is -2.37. The molecule has 1 aromatic heterocycles. The van der Waals surface area contributed by atoms with Crippen molar-refractivity contribution in [3.8, 4) is 5.75 Å². The van der Waals surface area contributed by atoms with Crippen molar-refractivity contribution in [3.05, 3.63) is 69.4 Å². The first-order chi connectivity index (χ1) is 21.1. The van der Waals surface area contributed by atoms with Gasteiger partial charge in [0.2, 0.25) is 0 Å². The van der Waals surface area contributed by atoms with Gasteiger partial charge in [0.25, 0.3) is 5.60 Å². The molecule has 0 spiro atoms. The highest BCUT2D eigenvalue weighted by molar-refractivity contribution is 7.13. The summed E-state index contributed by atoms with van der Waals surface area (Å²) in [6, 6.07) is 9.40. The number of thiophene rings is 1. The summed E-state index contributed by atoms with van der Waals surface area (Å²) in [4.78, 5) is 1.48. The fourth-order valence-electron chi connectivity index (χ4n) is 3.73. The van der Waals surface area contributed by atoms with E-state index in [1.807, 2.05) is 18.2 Å². The number of hydrogen-bond donors (Lipinski definition) is 1. The van der Waals surface area contributed by atoms with Gasteiger partial charge in [0, 0.05) is 9.75 Å². The Hall–Kier alpha value is -1.91. The average Bonchev–Trinajstić information content (AvgIpc) is 3.38. The van der Waals surface area contributed by atoms with Crippen LogP contribution in [0.2, 0.25) is 36.3 Å². The van der Waals surface area contributed by atoms with Crippen LogP contribution in [0, 0.1) is 0 Å². The number of allylic oxidation sites excluding steroid dienone is 3. The minimum Gasteiger partial charge on any atom is -0.488 e. The molecular weight excluding hydrogens is 675 g/mol. The fourth-order valence-corrected chi connectivity index (χ4v) is 6.64. The maximum absolute atomic E-state index is 13.0. The molecule has 47 heavy (non-hydrogen) atoms. The summed E-state index contributed by atoms with van der Waals surface area (Å²) in [7, 11) is -4.05. The molecule has 13 heteroatoms. The number of ether oxygens (including phenoxy) is 1. The van der Waals surface area contributed by atoms with Crippen LogP contribution in [0.3, 0.4) is 0 Å². The lowest BCUT2D eigenvalue weighted by atomic mass is 10.0.